The summed E-state index contributed by atoms with van der Waals surface area (Å²) in [7, 11) is 0. The lowest BCUT2D eigenvalue weighted by Gasteiger charge is -2.49. The number of allylic oxidation sites excluding steroid dienone is 2. The van der Waals surface area contributed by atoms with E-state index in [-0.39, 0.29) is 17.3 Å². The van der Waals surface area contributed by atoms with Gasteiger partial charge in [0.15, 0.2) is 0 Å². The lowest BCUT2D eigenvalue weighted by Crippen LogP contribution is -2.50. The Bertz CT molecular complexity index is 393. The number of fused-ring (bicyclic) bond motifs is 1. The number of ketones is 2. The molecule has 2 bridgehead atoms. The van der Waals surface area contributed by atoms with Crippen molar-refractivity contribution in [1.29, 1.82) is 0 Å². The van der Waals surface area contributed by atoms with Crippen molar-refractivity contribution in [2.24, 2.45) is 23.2 Å². The van der Waals surface area contributed by atoms with Crippen molar-refractivity contribution in [3.05, 3.63) is 11.6 Å². The van der Waals surface area contributed by atoms with Crippen LogP contribution in [0.4, 0.5) is 0 Å². The van der Waals surface area contributed by atoms with E-state index in [4.69, 9.17) is 0 Å². The summed E-state index contributed by atoms with van der Waals surface area (Å²) < 4.78 is 0. The van der Waals surface area contributed by atoms with E-state index in [1.54, 1.807) is 0 Å². The summed E-state index contributed by atoms with van der Waals surface area (Å²) >= 11 is 0. The fourth-order valence-electron chi connectivity index (χ4n) is 4.26. The van der Waals surface area contributed by atoms with Crippen LogP contribution in [-0.4, -0.2) is 11.6 Å². The van der Waals surface area contributed by atoms with E-state index in [9.17, 15) is 9.59 Å². The van der Waals surface area contributed by atoms with Crippen molar-refractivity contribution in [2.45, 2.75) is 33.1 Å². The van der Waals surface area contributed by atoms with Crippen molar-refractivity contribution in [3.8, 4) is 0 Å². The highest BCUT2D eigenvalue weighted by atomic mass is 16.1. The Morgan fingerprint density at radius 3 is 2.73 bits per heavy atom. The third-order valence-electron chi connectivity index (χ3n) is 4.59. The normalized spacial score (nSPS) is 48.1. The second-order valence-corrected chi connectivity index (χ2v) is 5.66. The largest absolute Gasteiger partial charge is 0.299 e. The van der Waals surface area contributed by atoms with Crippen LogP contribution >= 0.6 is 0 Å². The molecule has 2 heteroatoms. The Labute approximate surface area is 89.7 Å². The Hall–Kier alpha value is -0.920. The molecule has 4 atom stereocenters. The van der Waals surface area contributed by atoms with Gasteiger partial charge < -0.3 is 0 Å². The SMILES string of the molecule is CC1=C[C@@]2(C)CC(=O)[C@@H]1[C@H]1CCC(=O)[C@H]12. The molecule has 0 amide bonds. The van der Waals surface area contributed by atoms with Crippen LogP contribution in [-0.2, 0) is 9.59 Å². The fraction of sp³-hybridized carbons (Fsp3) is 0.692. The molecule has 0 heterocycles. The second kappa shape index (κ2) is 2.60. The average molecular weight is 204 g/mol. The van der Waals surface area contributed by atoms with Crippen LogP contribution < -0.4 is 0 Å². The van der Waals surface area contributed by atoms with E-state index in [0.29, 0.717) is 30.3 Å². The molecule has 4 aliphatic rings. The van der Waals surface area contributed by atoms with Gasteiger partial charge in [0.2, 0.25) is 0 Å². The molecule has 0 aromatic carbocycles. The van der Waals surface area contributed by atoms with Crippen molar-refractivity contribution < 1.29 is 9.59 Å². The number of Topliss-reactive ketones (excluding diaryl/α,β-unsaturated/α-hetero) is 2. The standard InChI is InChI=1S/C13H16O2/c1-7-5-13(2)6-10(15)11(7)8-3-4-9(14)12(8)13/h5,8,11-12H,3-4,6H2,1-2H3/t8-,11+,12+,13+/m1/s1. The van der Waals surface area contributed by atoms with E-state index in [0.717, 1.165) is 6.42 Å². The quantitative estimate of drug-likeness (QED) is 0.566. The molecule has 0 spiro atoms. The van der Waals surface area contributed by atoms with Gasteiger partial charge in [-0.15, -0.1) is 0 Å². The van der Waals surface area contributed by atoms with Crippen LogP contribution in [0.2, 0.25) is 0 Å². The molecule has 0 aromatic rings. The molecular formula is C13H16O2. The highest BCUT2D eigenvalue weighted by Gasteiger charge is 2.58. The highest BCUT2D eigenvalue weighted by molar-refractivity contribution is 5.94. The second-order valence-electron chi connectivity index (χ2n) is 5.66. The van der Waals surface area contributed by atoms with Crippen LogP contribution in [0.1, 0.15) is 33.1 Å². The van der Waals surface area contributed by atoms with E-state index >= 15 is 0 Å². The molecule has 0 radical (unpaired) electrons. The zero-order valence-corrected chi connectivity index (χ0v) is 9.25. The average Bonchev–Trinajstić information content (AvgIpc) is 2.46. The lowest BCUT2D eigenvalue weighted by atomic mass is 9.53. The van der Waals surface area contributed by atoms with Crippen LogP contribution in [0.5, 0.6) is 0 Å². The van der Waals surface area contributed by atoms with Crippen LogP contribution in [0.25, 0.3) is 0 Å². The van der Waals surface area contributed by atoms with Gasteiger partial charge in [0.25, 0.3) is 0 Å². The molecule has 4 aliphatic carbocycles. The third kappa shape index (κ3) is 1.000. The molecular weight excluding hydrogens is 188 g/mol. The summed E-state index contributed by atoms with van der Waals surface area (Å²) in [4.78, 5) is 23.8. The Balaban J connectivity index is 2.16. The predicted molar refractivity (Wildman–Crippen MR) is 56.2 cm³/mol. The number of hydrogen-bond acceptors (Lipinski definition) is 2. The maximum absolute atomic E-state index is 12.0. The van der Waals surface area contributed by atoms with Crippen LogP contribution in [0, 0.1) is 23.2 Å². The van der Waals surface area contributed by atoms with E-state index in [1.807, 2.05) is 0 Å². The number of hydrogen-bond donors (Lipinski definition) is 0. The van der Waals surface area contributed by atoms with Gasteiger partial charge in [-0.25, -0.2) is 0 Å². The molecule has 15 heavy (non-hydrogen) atoms. The lowest BCUT2D eigenvalue weighted by molar-refractivity contribution is -0.137. The summed E-state index contributed by atoms with van der Waals surface area (Å²) in [6.07, 6.45) is 4.40. The molecule has 0 N–H and O–H groups in total. The van der Waals surface area contributed by atoms with Gasteiger partial charge in [-0.1, -0.05) is 18.6 Å². The third-order valence-corrected chi connectivity index (χ3v) is 4.59. The first-order valence-electron chi connectivity index (χ1n) is 5.78. The summed E-state index contributed by atoms with van der Waals surface area (Å²) in [5, 5.41) is 0. The van der Waals surface area contributed by atoms with Crippen molar-refractivity contribution >= 4 is 11.6 Å². The minimum absolute atomic E-state index is 0.0725. The summed E-state index contributed by atoms with van der Waals surface area (Å²) in [6, 6.07) is 0. The Morgan fingerprint density at radius 2 is 2.07 bits per heavy atom. The monoisotopic (exact) mass is 204 g/mol. The van der Waals surface area contributed by atoms with Gasteiger partial charge in [0, 0.05) is 30.1 Å². The first-order valence-corrected chi connectivity index (χ1v) is 5.78. The Kier molecular flexibility index (Phi) is 1.62. The van der Waals surface area contributed by atoms with Gasteiger partial charge in [0.1, 0.15) is 11.6 Å². The molecule has 2 fully saturated rings. The first kappa shape index (κ1) is 9.32. The van der Waals surface area contributed by atoms with E-state index in [2.05, 4.69) is 19.9 Å². The maximum Gasteiger partial charge on any atom is 0.141 e. The zero-order chi connectivity index (χ0) is 10.8. The molecule has 0 saturated heterocycles. The molecule has 2 nitrogen and oxygen atoms in total. The maximum atomic E-state index is 12.0. The molecule has 80 valence electrons. The number of rotatable bonds is 0. The van der Waals surface area contributed by atoms with Gasteiger partial charge in [-0.2, -0.15) is 0 Å². The van der Waals surface area contributed by atoms with Gasteiger partial charge in [-0.3, -0.25) is 9.59 Å². The summed E-state index contributed by atoms with van der Waals surface area (Å²) in [5.74, 6) is 1.30. The molecule has 0 aromatic heterocycles. The topological polar surface area (TPSA) is 34.1 Å². The van der Waals surface area contributed by atoms with Gasteiger partial charge in [-0.05, 0) is 19.3 Å². The molecule has 0 aliphatic heterocycles. The minimum Gasteiger partial charge on any atom is -0.299 e. The van der Waals surface area contributed by atoms with Crippen LogP contribution in [0.3, 0.4) is 0 Å². The van der Waals surface area contributed by atoms with Crippen molar-refractivity contribution in [2.75, 3.05) is 0 Å². The number of carbonyl (C=O) groups is 2. The van der Waals surface area contributed by atoms with E-state index in [1.165, 1.54) is 5.57 Å². The first-order chi connectivity index (χ1) is 7.03. The van der Waals surface area contributed by atoms with E-state index < -0.39 is 0 Å². The highest BCUT2D eigenvalue weighted by Crippen LogP contribution is 2.58. The van der Waals surface area contributed by atoms with Gasteiger partial charge in [0.05, 0.1) is 0 Å². The zero-order valence-electron chi connectivity index (χ0n) is 9.25. The van der Waals surface area contributed by atoms with Crippen molar-refractivity contribution in [1.82, 2.24) is 0 Å². The van der Waals surface area contributed by atoms with Gasteiger partial charge >= 0.3 is 0 Å². The molecule has 2 saturated carbocycles. The van der Waals surface area contributed by atoms with Crippen molar-refractivity contribution in [3.63, 3.8) is 0 Å². The minimum atomic E-state index is -0.159. The Morgan fingerprint density at radius 1 is 1.33 bits per heavy atom. The smallest absolute Gasteiger partial charge is 0.141 e. The predicted octanol–water partition coefficient (Wildman–Crippen LogP) is 2.14. The number of carbonyl (C=O) groups excluding carboxylic acids is 2. The van der Waals surface area contributed by atoms with Crippen LogP contribution in [0.15, 0.2) is 11.6 Å². The molecule has 0 unspecified atom stereocenters. The molecule has 4 rings (SSSR count). The summed E-state index contributed by atoms with van der Waals surface area (Å²) in [6.45, 7) is 4.14. The summed E-state index contributed by atoms with van der Waals surface area (Å²) in [5.41, 5.74) is 1.05. The fourth-order valence-corrected chi connectivity index (χ4v) is 4.26.